The summed E-state index contributed by atoms with van der Waals surface area (Å²) in [5.41, 5.74) is 1.63. The van der Waals surface area contributed by atoms with E-state index in [1.165, 1.54) is 27.9 Å². The number of hydrogen-bond acceptors (Lipinski definition) is 6. The molecule has 2 heterocycles. The van der Waals surface area contributed by atoms with Crippen LogP contribution in [0.25, 0.3) is 0 Å². The van der Waals surface area contributed by atoms with Gasteiger partial charge < -0.3 is 0 Å². The molecule has 4 bridgehead atoms. The summed E-state index contributed by atoms with van der Waals surface area (Å²) in [6.07, 6.45) is 11.3. The van der Waals surface area contributed by atoms with E-state index in [4.69, 9.17) is 14.5 Å². The normalized spacial score (nSPS) is 35.7. The van der Waals surface area contributed by atoms with Gasteiger partial charge in [0.1, 0.15) is 20.8 Å². The molecular formula is C30H42N4S2. The van der Waals surface area contributed by atoms with Gasteiger partial charge in [-0.1, -0.05) is 72.3 Å². The maximum absolute atomic E-state index is 5.22. The average Bonchev–Trinajstić information content (AvgIpc) is 3.65. The van der Waals surface area contributed by atoms with Crippen molar-refractivity contribution < 1.29 is 0 Å². The van der Waals surface area contributed by atoms with Gasteiger partial charge in [-0.3, -0.25) is 0 Å². The third kappa shape index (κ3) is 4.05. The fourth-order valence-corrected chi connectivity index (χ4v) is 10.4. The van der Waals surface area contributed by atoms with Crippen molar-refractivity contribution in [1.82, 2.24) is 19.6 Å². The second kappa shape index (κ2) is 9.41. The van der Waals surface area contributed by atoms with E-state index in [0.29, 0.717) is 59.2 Å². The number of hydrogen-bond donors (Lipinski definition) is 0. The van der Waals surface area contributed by atoms with Crippen LogP contribution in [-0.2, 0) is 0 Å². The Morgan fingerprint density at radius 2 is 1.56 bits per heavy atom. The standard InChI is InChI=1S/C30H42N4S2/c1-14(2)23-18-8-9-19(11-18)25(23)29-31-27(34-36-29)17(7)10-20-12-21-13-22(20)26(24(21)15(3)4)30-33-32-28(35-30)16(5)6/h8-9,12,14-19,21-26H,10-11,13H2,1-7H3. The number of rotatable bonds is 8. The van der Waals surface area contributed by atoms with Crippen molar-refractivity contribution in [3.8, 4) is 0 Å². The molecule has 36 heavy (non-hydrogen) atoms. The molecule has 2 fully saturated rings. The minimum absolute atomic E-state index is 0.367. The fourth-order valence-electron chi connectivity index (χ4n) is 8.32. The number of fused-ring (bicyclic) bond motifs is 4. The number of nitrogens with zero attached hydrogens (tertiary/aromatic N) is 4. The van der Waals surface area contributed by atoms with Crippen molar-refractivity contribution in [2.75, 3.05) is 0 Å². The van der Waals surface area contributed by atoms with E-state index in [1.807, 2.05) is 11.3 Å². The molecule has 0 aliphatic heterocycles. The van der Waals surface area contributed by atoms with Crippen molar-refractivity contribution in [2.24, 2.45) is 47.3 Å². The van der Waals surface area contributed by atoms with Gasteiger partial charge in [-0.2, -0.15) is 4.37 Å². The van der Waals surface area contributed by atoms with Crippen LogP contribution in [0.15, 0.2) is 23.8 Å². The van der Waals surface area contributed by atoms with E-state index in [0.717, 1.165) is 24.1 Å². The molecule has 0 N–H and O–H groups in total. The predicted octanol–water partition coefficient (Wildman–Crippen LogP) is 8.20. The van der Waals surface area contributed by atoms with Gasteiger partial charge in [-0.25, -0.2) is 4.98 Å². The summed E-state index contributed by atoms with van der Waals surface area (Å²) in [5.74, 6) is 8.46. The van der Waals surface area contributed by atoms with Crippen LogP contribution < -0.4 is 0 Å². The van der Waals surface area contributed by atoms with Gasteiger partial charge in [0.05, 0.1) is 0 Å². The molecular weight excluding hydrogens is 480 g/mol. The molecule has 6 heteroatoms. The van der Waals surface area contributed by atoms with Crippen molar-refractivity contribution in [2.45, 2.75) is 91.4 Å². The molecule has 9 atom stereocenters. The Morgan fingerprint density at radius 1 is 0.833 bits per heavy atom. The second-order valence-electron chi connectivity index (χ2n) is 13.1. The van der Waals surface area contributed by atoms with Gasteiger partial charge in [0.2, 0.25) is 0 Å². The van der Waals surface area contributed by atoms with E-state index in [9.17, 15) is 0 Å². The Bertz CT molecular complexity index is 1160. The summed E-state index contributed by atoms with van der Waals surface area (Å²) in [5, 5.41) is 13.1. The van der Waals surface area contributed by atoms with Crippen LogP contribution in [0.4, 0.5) is 0 Å². The van der Waals surface area contributed by atoms with Crippen molar-refractivity contribution in [1.29, 1.82) is 0 Å². The van der Waals surface area contributed by atoms with Crippen LogP contribution >= 0.6 is 22.9 Å². The molecule has 0 aromatic carbocycles. The predicted molar refractivity (Wildman–Crippen MR) is 149 cm³/mol. The third-order valence-corrected chi connectivity index (χ3v) is 11.9. The molecule has 4 aliphatic carbocycles. The van der Waals surface area contributed by atoms with Crippen molar-refractivity contribution in [3.63, 3.8) is 0 Å². The summed E-state index contributed by atoms with van der Waals surface area (Å²) in [6, 6.07) is 0. The zero-order chi connectivity index (χ0) is 25.3. The lowest BCUT2D eigenvalue weighted by atomic mass is 9.73. The van der Waals surface area contributed by atoms with Crippen LogP contribution in [0.5, 0.6) is 0 Å². The first-order valence-corrected chi connectivity index (χ1v) is 15.9. The summed E-state index contributed by atoms with van der Waals surface area (Å²) < 4.78 is 4.94. The molecule has 6 rings (SSSR count). The van der Waals surface area contributed by atoms with Crippen LogP contribution in [0.3, 0.4) is 0 Å². The van der Waals surface area contributed by atoms with Crippen molar-refractivity contribution in [3.05, 3.63) is 44.6 Å². The quantitative estimate of drug-likeness (QED) is 0.328. The van der Waals surface area contributed by atoms with Crippen LogP contribution in [0.1, 0.15) is 112 Å². The Balaban J connectivity index is 1.20. The van der Waals surface area contributed by atoms with Gasteiger partial charge in [-0.05, 0) is 78.1 Å². The van der Waals surface area contributed by atoms with E-state index >= 15 is 0 Å². The van der Waals surface area contributed by atoms with Gasteiger partial charge in [0.25, 0.3) is 0 Å². The van der Waals surface area contributed by atoms with Gasteiger partial charge >= 0.3 is 0 Å². The van der Waals surface area contributed by atoms with Crippen LogP contribution in [0, 0.1) is 47.3 Å². The van der Waals surface area contributed by atoms with Crippen LogP contribution in [-0.4, -0.2) is 19.6 Å². The molecule has 0 saturated heterocycles. The lowest BCUT2D eigenvalue weighted by Crippen LogP contribution is -2.25. The lowest BCUT2D eigenvalue weighted by Gasteiger charge is -2.33. The highest BCUT2D eigenvalue weighted by Crippen LogP contribution is 2.60. The Hall–Kier alpha value is -1.40. The molecule has 2 saturated carbocycles. The second-order valence-corrected chi connectivity index (χ2v) is 14.9. The first-order valence-electron chi connectivity index (χ1n) is 14.3. The molecule has 0 amide bonds. The first kappa shape index (κ1) is 24.9. The topological polar surface area (TPSA) is 51.6 Å². The average molecular weight is 523 g/mol. The number of allylic oxidation sites excluding steroid dienone is 4. The van der Waals surface area contributed by atoms with Gasteiger partial charge in [0, 0.05) is 23.7 Å². The molecule has 2 aromatic heterocycles. The van der Waals surface area contributed by atoms with Gasteiger partial charge in [0.15, 0.2) is 0 Å². The highest BCUT2D eigenvalue weighted by molar-refractivity contribution is 7.11. The molecule has 0 spiro atoms. The molecule has 194 valence electrons. The highest BCUT2D eigenvalue weighted by Gasteiger charge is 2.51. The maximum atomic E-state index is 5.22. The summed E-state index contributed by atoms with van der Waals surface area (Å²) in [6.45, 7) is 16.4. The largest absolute Gasteiger partial charge is 0.224 e. The minimum Gasteiger partial charge on any atom is -0.224 e. The van der Waals surface area contributed by atoms with E-state index in [1.54, 1.807) is 17.1 Å². The van der Waals surface area contributed by atoms with Crippen LogP contribution in [0.2, 0.25) is 0 Å². The Morgan fingerprint density at radius 3 is 2.25 bits per heavy atom. The monoisotopic (exact) mass is 522 g/mol. The van der Waals surface area contributed by atoms with E-state index in [-0.39, 0.29) is 0 Å². The summed E-state index contributed by atoms with van der Waals surface area (Å²) in [4.78, 5) is 5.22. The molecule has 9 unspecified atom stereocenters. The van der Waals surface area contributed by atoms with E-state index < -0.39 is 0 Å². The minimum atomic E-state index is 0.367. The first-order chi connectivity index (χ1) is 17.2. The Kier molecular flexibility index (Phi) is 6.51. The molecule has 4 nitrogen and oxygen atoms in total. The smallest absolute Gasteiger partial charge is 0.145 e. The molecule has 4 aliphatic rings. The summed E-state index contributed by atoms with van der Waals surface area (Å²) >= 11 is 3.55. The van der Waals surface area contributed by atoms with Gasteiger partial charge in [-0.15, -0.1) is 21.5 Å². The zero-order valence-electron chi connectivity index (χ0n) is 22.9. The highest BCUT2D eigenvalue weighted by atomic mass is 32.1. The lowest BCUT2D eigenvalue weighted by molar-refractivity contribution is 0.285. The fraction of sp³-hybridized carbons (Fsp3) is 0.733. The van der Waals surface area contributed by atoms with Crippen molar-refractivity contribution >= 4 is 22.9 Å². The SMILES string of the molecule is CC(C)c1nnc(C2C3CC(C=C3CC(C)c3nsc(C4C5C=CC(C5)C4C(C)C)n3)C2C(C)C)s1. The zero-order valence-corrected chi connectivity index (χ0v) is 24.5. The molecule has 2 aromatic rings. The maximum Gasteiger partial charge on any atom is 0.145 e. The number of aromatic nitrogens is 4. The van der Waals surface area contributed by atoms with E-state index in [2.05, 4.69) is 71.8 Å². The Labute approximate surface area is 225 Å². The summed E-state index contributed by atoms with van der Waals surface area (Å²) in [7, 11) is 0. The molecule has 0 radical (unpaired) electrons. The third-order valence-electron chi connectivity index (χ3n) is 9.79.